The fraction of sp³-hybridized carbons (Fsp3) is 0.846. The molecule has 0 bridgehead atoms. The molecular weight excluding hydrogens is 591 g/mol. The van der Waals surface area contributed by atoms with E-state index in [0.29, 0.717) is 0 Å². The first-order valence-corrected chi connectivity index (χ1v) is 20.8. The Morgan fingerprint density at radius 3 is 1.09 bits per heavy atom. The normalized spacial score (nSPS) is 23.4. The lowest BCUT2D eigenvalue weighted by Crippen LogP contribution is -2.28. The topological polar surface area (TPSA) is 55.4 Å². The first-order valence-electron chi connectivity index (χ1n) is 19.0. The number of rotatable bonds is 18. The van der Waals surface area contributed by atoms with Gasteiger partial charge < -0.3 is 28.4 Å². The molecule has 0 aromatic heterocycles. The van der Waals surface area contributed by atoms with Crippen LogP contribution in [0.4, 0.5) is 0 Å². The van der Waals surface area contributed by atoms with Gasteiger partial charge in [0.2, 0.25) is 0 Å². The molecule has 258 valence electrons. The van der Waals surface area contributed by atoms with Gasteiger partial charge in [0, 0.05) is 19.8 Å². The molecule has 3 aliphatic heterocycles. The van der Waals surface area contributed by atoms with E-state index in [1.165, 1.54) is 38.5 Å². The molecule has 0 radical (unpaired) electrons. The van der Waals surface area contributed by atoms with Crippen molar-refractivity contribution >= 4 is 14.1 Å². The van der Waals surface area contributed by atoms with Crippen LogP contribution in [0.5, 0.6) is 0 Å². The Kier molecular flexibility index (Phi) is 22.2. The second-order valence-corrected chi connectivity index (χ2v) is 14.8. The summed E-state index contributed by atoms with van der Waals surface area (Å²) in [6.45, 7) is 8.99. The van der Waals surface area contributed by atoms with Crippen LogP contribution >= 0.6 is 0 Å². The molecule has 6 atom stereocenters. The first kappa shape index (κ1) is 39.4. The van der Waals surface area contributed by atoms with E-state index in [-0.39, 0.29) is 37.2 Å². The quantitative estimate of drug-likeness (QED) is 0.0839. The maximum atomic E-state index is 6.42. The first-order chi connectivity index (χ1) is 22.7. The van der Waals surface area contributed by atoms with E-state index < -0.39 is 14.1 Å². The molecule has 7 heteroatoms. The molecular formula is C39H63AlO6. The molecule has 46 heavy (non-hydrogen) atoms. The third kappa shape index (κ3) is 17.9. The predicted molar refractivity (Wildman–Crippen MR) is 187 cm³/mol. The van der Waals surface area contributed by atoms with Crippen LogP contribution in [0, 0.1) is 32.1 Å². The smallest absolute Gasteiger partial charge is 0.353 e. The van der Waals surface area contributed by atoms with Crippen molar-refractivity contribution in [3.63, 3.8) is 0 Å². The highest BCUT2D eigenvalue weighted by Gasteiger charge is 2.22. The Bertz CT molecular complexity index is 829. The summed E-state index contributed by atoms with van der Waals surface area (Å²) in [5, 5.41) is 0. The molecule has 6 unspecified atom stereocenters. The molecule has 3 fully saturated rings. The van der Waals surface area contributed by atoms with Crippen molar-refractivity contribution in [2.45, 2.75) is 193 Å². The van der Waals surface area contributed by atoms with Crippen LogP contribution in [-0.4, -0.2) is 71.2 Å². The minimum Gasteiger partial charge on any atom is -0.353 e. The summed E-state index contributed by atoms with van der Waals surface area (Å²) in [5.41, 5.74) is 0. The third-order valence-electron chi connectivity index (χ3n) is 8.74. The minimum atomic E-state index is -2.14. The van der Waals surface area contributed by atoms with E-state index in [9.17, 15) is 0 Å². The predicted octanol–water partition coefficient (Wildman–Crippen LogP) is 8.59. The van der Waals surface area contributed by atoms with E-state index in [0.717, 1.165) is 116 Å². The summed E-state index contributed by atoms with van der Waals surface area (Å²) >= 11 is -2.14. The zero-order chi connectivity index (χ0) is 32.5. The van der Waals surface area contributed by atoms with Gasteiger partial charge in [-0.05, 0) is 96.3 Å². The average Bonchev–Trinajstić information content (AvgIpc) is 3.09. The lowest BCUT2D eigenvalue weighted by atomic mass is 10.1. The molecule has 0 spiro atoms. The van der Waals surface area contributed by atoms with E-state index in [1.54, 1.807) is 0 Å². The summed E-state index contributed by atoms with van der Waals surface area (Å²) in [5.74, 6) is 10.5. The molecule has 0 N–H and O–H groups in total. The highest BCUT2D eigenvalue weighted by atomic mass is 27.2. The highest BCUT2D eigenvalue weighted by molar-refractivity contribution is 6.82. The highest BCUT2D eigenvalue weighted by Crippen LogP contribution is 2.20. The Balaban J connectivity index is 1.84. The summed E-state index contributed by atoms with van der Waals surface area (Å²) in [4.78, 5) is 10.7. The standard InChI is InChI=1S/3C13H21O2.Al/c3*1-3-5-6-9-12(4-2)15-13-10-7-8-11-14-13;/h3*12-13H,3,5-11H2,1H3;. The van der Waals surface area contributed by atoms with Crippen LogP contribution < -0.4 is 0 Å². The van der Waals surface area contributed by atoms with E-state index in [2.05, 4.69) is 52.9 Å². The van der Waals surface area contributed by atoms with Crippen molar-refractivity contribution < 1.29 is 28.4 Å². The second-order valence-electron chi connectivity index (χ2n) is 13.0. The Morgan fingerprint density at radius 1 is 0.500 bits per heavy atom. The maximum absolute atomic E-state index is 6.42. The van der Waals surface area contributed by atoms with Crippen molar-refractivity contribution in [2.24, 2.45) is 0 Å². The molecule has 6 nitrogen and oxygen atoms in total. The molecule has 3 rings (SSSR count). The van der Waals surface area contributed by atoms with Gasteiger partial charge in [-0.25, -0.2) is 0 Å². The summed E-state index contributed by atoms with van der Waals surface area (Å²) in [6.07, 6.45) is 21.6. The van der Waals surface area contributed by atoms with Gasteiger partial charge in [0.15, 0.2) is 18.9 Å². The number of hydrogen-bond acceptors (Lipinski definition) is 6. The Morgan fingerprint density at radius 2 is 0.826 bits per heavy atom. The fourth-order valence-electron chi connectivity index (χ4n) is 5.90. The van der Waals surface area contributed by atoms with E-state index >= 15 is 0 Å². The maximum Gasteiger partial charge on any atom is 0.574 e. The number of hydrogen-bond donors (Lipinski definition) is 0. The van der Waals surface area contributed by atoms with Gasteiger partial charge in [0.05, 0.1) is 0 Å². The van der Waals surface area contributed by atoms with E-state index in [1.807, 2.05) is 0 Å². The van der Waals surface area contributed by atoms with Crippen molar-refractivity contribution in [3.05, 3.63) is 0 Å². The molecule has 0 amide bonds. The van der Waals surface area contributed by atoms with Gasteiger partial charge in [-0.15, -0.1) is 0 Å². The molecule has 3 aliphatic rings. The summed E-state index contributed by atoms with van der Waals surface area (Å²) in [6, 6.07) is 0. The van der Waals surface area contributed by atoms with Gasteiger partial charge in [-0.2, -0.15) is 14.3 Å². The zero-order valence-electron chi connectivity index (χ0n) is 29.5. The average molecular weight is 655 g/mol. The van der Waals surface area contributed by atoms with Gasteiger partial charge in [0.25, 0.3) is 0 Å². The van der Waals surface area contributed by atoms with Gasteiger partial charge in [-0.1, -0.05) is 77.1 Å². The molecule has 0 aliphatic carbocycles. The van der Waals surface area contributed by atoms with Crippen molar-refractivity contribution in [1.29, 1.82) is 0 Å². The molecule has 3 heterocycles. The Hall–Kier alpha value is -1.03. The fourth-order valence-corrected chi connectivity index (χ4v) is 7.18. The van der Waals surface area contributed by atoms with Crippen LogP contribution in [0.25, 0.3) is 0 Å². The largest absolute Gasteiger partial charge is 0.574 e. The van der Waals surface area contributed by atoms with Crippen LogP contribution in [0.3, 0.4) is 0 Å². The van der Waals surface area contributed by atoms with Crippen LogP contribution in [0.2, 0.25) is 0 Å². The molecule has 0 aromatic rings. The summed E-state index contributed by atoms with van der Waals surface area (Å²) < 4.78 is 37.0. The SMILES string of the molecule is CCCCCC(C#[C][Al]([C]#CC(CCCCC)OC1CCCCO1)[C]#CC(CCCCC)OC1CCCCO1)OC1CCCCO1. The number of unbranched alkanes of at least 4 members (excludes halogenated alkanes) is 6. The third-order valence-corrected chi connectivity index (χ3v) is 10.1. The number of ether oxygens (including phenoxy) is 6. The van der Waals surface area contributed by atoms with E-state index in [4.69, 9.17) is 28.4 Å². The molecule has 0 aromatic carbocycles. The van der Waals surface area contributed by atoms with Crippen LogP contribution in [0.1, 0.15) is 156 Å². The molecule has 3 saturated heterocycles. The van der Waals surface area contributed by atoms with Gasteiger partial charge in [0.1, 0.15) is 18.3 Å². The minimum absolute atomic E-state index is 0.160. The monoisotopic (exact) mass is 654 g/mol. The van der Waals surface area contributed by atoms with Crippen LogP contribution in [0.15, 0.2) is 0 Å². The van der Waals surface area contributed by atoms with Gasteiger partial charge in [-0.3, -0.25) is 0 Å². The van der Waals surface area contributed by atoms with Crippen LogP contribution in [-0.2, 0) is 28.4 Å². The lowest BCUT2D eigenvalue weighted by molar-refractivity contribution is -0.177. The summed E-state index contributed by atoms with van der Waals surface area (Å²) in [7, 11) is 0. The zero-order valence-corrected chi connectivity index (χ0v) is 30.6. The second kappa shape index (κ2) is 25.9. The lowest BCUT2D eigenvalue weighted by Gasteiger charge is -2.26. The van der Waals surface area contributed by atoms with Crippen molar-refractivity contribution in [2.75, 3.05) is 19.8 Å². The molecule has 0 saturated carbocycles. The Labute approximate surface area is 286 Å². The van der Waals surface area contributed by atoms with Gasteiger partial charge >= 0.3 is 14.1 Å². The van der Waals surface area contributed by atoms with Crippen molar-refractivity contribution in [1.82, 2.24) is 0 Å². The van der Waals surface area contributed by atoms with Crippen molar-refractivity contribution in [3.8, 4) is 32.1 Å².